The van der Waals surface area contributed by atoms with E-state index in [2.05, 4.69) is 9.80 Å². The number of benzene rings is 1. The van der Waals surface area contributed by atoms with E-state index in [1.807, 2.05) is 0 Å². The van der Waals surface area contributed by atoms with Crippen molar-refractivity contribution in [2.24, 2.45) is 0 Å². The second-order valence-electron chi connectivity index (χ2n) is 7.11. The van der Waals surface area contributed by atoms with Gasteiger partial charge < -0.3 is 14.7 Å². The molecule has 1 aromatic carbocycles. The first-order valence-corrected chi connectivity index (χ1v) is 9.06. The summed E-state index contributed by atoms with van der Waals surface area (Å²) in [6, 6.07) is 3.22. The zero-order valence-electron chi connectivity index (χ0n) is 14.2. The van der Waals surface area contributed by atoms with Crippen molar-refractivity contribution < 1.29 is 14.2 Å². The topological polar surface area (TPSA) is 35.9 Å². The van der Waals surface area contributed by atoms with Gasteiger partial charge in [-0.15, -0.1) is 0 Å². The lowest BCUT2D eigenvalue weighted by molar-refractivity contribution is -0.0519. The van der Waals surface area contributed by atoms with Gasteiger partial charge in [0, 0.05) is 19.6 Å². The van der Waals surface area contributed by atoms with Crippen molar-refractivity contribution in [2.75, 3.05) is 39.8 Å². The standard InChI is InChI=1S/C18H26ClFN2O2/c1-24-17-15(19)9-14(10-16(17)20)11-22-8-4-5-18(23,13-22)12-21-6-2-3-7-21/h9-10,23H,2-8,11-13H2,1H3. The van der Waals surface area contributed by atoms with Crippen molar-refractivity contribution in [2.45, 2.75) is 37.8 Å². The van der Waals surface area contributed by atoms with Gasteiger partial charge in [-0.25, -0.2) is 4.39 Å². The molecule has 0 radical (unpaired) electrons. The van der Waals surface area contributed by atoms with E-state index in [0.29, 0.717) is 13.1 Å². The lowest BCUT2D eigenvalue weighted by Crippen LogP contribution is -2.53. The molecule has 24 heavy (non-hydrogen) atoms. The summed E-state index contributed by atoms with van der Waals surface area (Å²) in [6.45, 7) is 5.02. The number of methoxy groups -OCH3 is 1. The molecule has 2 fully saturated rings. The van der Waals surface area contributed by atoms with E-state index in [0.717, 1.165) is 44.6 Å². The Kier molecular flexibility index (Phi) is 5.65. The van der Waals surface area contributed by atoms with E-state index in [1.54, 1.807) is 6.07 Å². The van der Waals surface area contributed by atoms with Crippen LogP contribution in [0.3, 0.4) is 0 Å². The van der Waals surface area contributed by atoms with Crippen LogP contribution in [0.2, 0.25) is 5.02 Å². The Labute approximate surface area is 148 Å². The number of β-amino-alcohol motifs (C(OH)–C–C–N with tert-alkyl or cyclic N) is 1. The Bertz CT molecular complexity index is 557. The maximum absolute atomic E-state index is 14.0. The van der Waals surface area contributed by atoms with Gasteiger partial charge in [-0.2, -0.15) is 0 Å². The minimum absolute atomic E-state index is 0.0876. The molecule has 2 aliphatic rings. The number of ether oxygens (including phenoxy) is 1. The molecule has 2 saturated heterocycles. The van der Waals surface area contributed by atoms with Gasteiger partial charge in [0.2, 0.25) is 0 Å². The van der Waals surface area contributed by atoms with Gasteiger partial charge in [-0.3, -0.25) is 4.90 Å². The molecule has 1 N–H and O–H groups in total. The fourth-order valence-electron chi connectivity index (χ4n) is 3.98. The lowest BCUT2D eigenvalue weighted by atomic mass is 9.92. The van der Waals surface area contributed by atoms with Crippen LogP contribution in [0.15, 0.2) is 12.1 Å². The van der Waals surface area contributed by atoms with Crippen LogP contribution in [-0.2, 0) is 6.54 Å². The number of hydrogen-bond donors (Lipinski definition) is 1. The predicted molar refractivity (Wildman–Crippen MR) is 93.1 cm³/mol. The quantitative estimate of drug-likeness (QED) is 0.880. The monoisotopic (exact) mass is 356 g/mol. The molecule has 134 valence electrons. The fraction of sp³-hybridized carbons (Fsp3) is 0.667. The van der Waals surface area contributed by atoms with Gasteiger partial charge >= 0.3 is 0 Å². The summed E-state index contributed by atoms with van der Waals surface area (Å²) in [5.41, 5.74) is 0.140. The maximum Gasteiger partial charge on any atom is 0.173 e. The third-order valence-corrected chi connectivity index (χ3v) is 5.30. The molecule has 0 aromatic heterocycles. The van der Waals surface area contributed by atoms with Gasteiger partial charge in [0.05, 0.1) is 17.7 Å². The zero-order chi connectivity index (χ0) is 17.2. The van der Waals surface area contributed by atoms with Crippen LogP contribution in [0.4, 0.5) is 4.39 Å². The Morgan fingerprint density at radius 2 is 1.92 bits per heavy atom. The van der Waals surface area contributed by atoms with Gasteiger partial charge in [0.15, 0.2) is 11.6 Å². The van der Waals surface area contributed by atoms with Crippen LogP contribution in [0.1, 0.15) is 31.2 Å². The smallest absolute Gasteiger partial charge is 0.173 e. The highest BCUT2D eigenvalue weighted by molar-refractivity contribution is 6.32. The minimum Gasteiger partial charge on any atom is -0.492 e. The predicted octanol–water partition coefficient (Wildman–Crippen LogP) is 2.91. The van der Waals surface area contributed by atoms with Crippen molar-refractivity contribution in [3.63, 3.8) is 0 Å². The van der Waals surface area contributed by atoms with Crippen LogP contribution in [0, 0.1) is 5.82 Å². The first kappa shape index (κ1) is 17.9. The Balaban J connectivity index is 1.64. The molecule has 0 bridgehead atoms. The summed E-state index contributed by atoms with van der Waals surface area (Å²) in [6.07, 6.45) is 4.24. The SMILES string of the molecule is COc1c(F)cc(CN2CCCC(O)(CN3CCCC3)C2)cc1Cl. The molecule has 6 heteroatoms. The summed E-state index contributed by atoms with van der Waals surface area (Å²) in [4.78, 5) is 4.55. The van der Waals surface area contributed by atoms with Crippen LogP contribution < -0.4 is 4.74 Å². The molecule has 0 amide bonds. The van der Waals surface area contributed by atoms with Crippen LogP contribution in [-0.4, -0.2) is 60.3 Å². The highest BCUT2D eigenvalue weighted by Gasteiger charge is 2.35. The van der Waals surface area contributed by atoms with Crippen LogP contribution >= 0.6 is 11.6 Å². The molecule has 1 unspecified atom stereocenters. The normalized spacial score (nSPS) is 26.0. The highest BCUT2D eigenvalue weighted by Crippen LogP contribution is 2.30. The summed E-state index contributed by atoms with van der Waals surface area (Å²) < 4.78 is 19.0. The number of aliphatic hydroxyl groups is 1. The Hall–Kier alpha value is -0.880. The van der Waals surface area contributed by atoms with Crippen LogP contribution in [0.5, 0.6) is 5.75 Å². The molecule has 1 atom stereocenters. The average molecular weight is 357 g/mol. The zero-order valence-corrected chi connectivity index (χ0v) is 15.0. The van der Waals surface area contributed by atoms with Gasteiger partial charge in [0.1, 0.15) is 0 Å². The van der Waals surface area contributed by atoms with Crippen LogP contribution in [0.25, 0.3) is 0 Å². The molecule has 2 aliphatic heterocycles. The van der Waals surface area contributed by atoms with E-state index in [1.165, 1.54) is 26.0 Å². The first-order chi connectivity index (χ1) is 11.5. The molecule has 3 rings (SSSR count). The molecule has 0 saturated carbocycles. The van der Waals surface area contributed by atoms with Gasteiger partial charge in [0.25, 0.3) is 0 Å². The summed E-state index contributed by atoms with van der Waals surface area (Å²) in [5.74, 6) is -0.353. The van der Waals surface area contributed by atoms with Crippen molar-refractivity contribution in [3.8, 4) is 5.75 Å². The van der Waals surface area contributed by atoms with Gasteiger partial charge in [-0.05, 0) is 63.0 Å². The number of hydrogen-bond acceptors (Lipinski definition) is 4. The summed E-state index contributed by atoms with van der Waals surface area (Å²) in [5, 5.41) is 11.3. The summed E-state index contributed by atoms with van der Waals surface area (Å²) >= 11 is 6.08. The van der Waals surface area contributed by atoms with Gasteiger partial charge in [-0.1, -0.05) is 11.6 Å². The number of nitrogens with zero attached hydrogens (tertiary/aromatic N) is 2. The minimum atomic E-state index is -0.669. The van der Waals surface area contributed by atoms with Crippen molar-refractivity contribution in [1.82, 2.24) is 9.80 Å². The second kappa shape index (κ2) is 7.56. The van der Waals surface area contributed by atoms with Crippen molar-refractivity contribution in [1.29, 1.82) is 0 Å². The third kappa shape index (κ3) is 4.20. The molecule has 0 spiro atoms. The Morgan fingerprint density at radius 1 is 1.21 bits per heavy atom. The third-order valence-electron chi connectivity index (χ3n) is 5.02. The van der Waals surface area contributed by atoms with E-state index < -0.39 is 11.4 Å². The average Bonchev–Trinajstić information content (AvgIpc) is 2.99. The molecular formula is C18H26ClFN2O2. The molecule has 4 nitrogen and oxygen atoms in total. The molecular weight excluding hydrogens is 331 g/mol. The number of rotatable bonds is 5. The molecule has 2 heterocycles. The second-order valence-corrected chi connectivity index (χ2v) is 7.52. The first-order valence-electron chi connectivity index (χ1n) is 8.68. The Morgan fingerprint density at radius 3 is 2.58 bits per heavy atom. The number of halogens is 2. The van der Waals surface area contributed by atoms with Crippen molar-refractivity contribution in [3.05, 3.63) is 28.5 Å². The highest BCUT2D eigenvalue weighted by atomic mass is 35.5. The van der Waals surface area contributed by atoms with E-state index in [4.69, 9.17) is 16.3 Å². The van der Waals surface area contributed by atoms with E-state index >= 15 is 0 Å². The van der Waals surface area contributed by atoms with E-state index in [9.17, 15) is 9.50 Å². The largest absolute Gasteiger partial charge is 0.492 e. The van der Waals surface area contributed by atoms with E-state index in [-0.39, 0.29) is 10.8 Å². The lowest BCUT2D eigenvalue weighted by Gasteiger charge is -2.41. The maximum atomic E-state index is 14.0. The molecule has 0 aliphatic carbocycles. The fourth-order valence-corrected chi connectivity index (χ4v) is 4.29. The molecule has 1 aromatic rings. The summed E-state index contributed by atoms with van der Waals surface area (Å²) in [7, 11) is 1.41. The number of piperidine rings is 1. The van der Waals surface area contributed by atoms with Crippen molar-refractivity contribution >= 4 is 11.6 Å². The number of likely N-dealkylation sites (tertiary alicyclic amines) is 2.